The number of amides is 1. The van der Waals surface area contributed by atoms with Crippen LogP contribution in [0.25, 0.3) is 0 Å². The van der Waals surface area contributed by atoms with Gasteiger partial charge in [-0.2, -0.15) is 0 Å². The maximum Gasteiger partial charge on any atom is 0.280 e. The number of phenolic OH excluding ortho intramolecular Hbond substituents is 1. The second kappa shape index (κ2) is 10.9. The van der Waals surface area contributed by atoms with Crippen molar-refractivity contribution in [3.05, 3.63) is 76.8 Å². The number of halogens is 2. The van der Waals surface area contributed by atoms with Crippen molar-refractivity contribution >= 4 is 11.6 Å². The number of carbonyl (C=O) groups excluding carboxylic acids is 1. The third-order valence-electron chi connectivity index (χ3n) is 7.91. The predicted octanol–water partition coefficient (Wildman–Crippen LogP) is 3.90. The first-order valence-corrected chi connectivity index (χ1v) is 13.3. The lowest BCUT2D eigenvalue weighted by Crippen LogP contribution is -2.52. The number of benzene rings is 2. The van der Waals surface area contributed by atoms with Gasteiger partial charge in [-0.15, -0.1) is 0 Å². The van der Waals surface area contributed by atoms with Crippen molar-refractivity contribution in [3.8, 4) is 17.4 Å². The lowest BCUT2D eigenvalue weighted by atomic mass is 9.73. The summed E-state index contributed by atoms with van der Waals surface area (Å²) >= 11 is 0. The first-order valence-electron chi connectivity index (χ1n) is 13.3. The minimum Gasteiger partial charge on any atom is -0.508 e. The monoisotopic (exact) mass is 554 g/mol. The Morgan fingerprint density at radius 1 is 1.10 bits per heavy atom. The van der Waals surface area contributed by atoms with Crippen molar-refractivity contribution < 1.29 is 28.5 Å². The zero-order valence-corrected chi connectivity index (χ0v) is 21.9. The van der Waals surface area contributed by atoms with Gasteiger partial charge in [0.05, 0.1) is 12.1 Å². The number of alkyl halides is 2. The van der Waals surface area contributed by atoms with E-state index in [9.17, 15) is 28.6 Å². The van der Waals surface area contributed by atoms with Gasteiger partial charge < -0.3 is 25.6 Å². The summed E-state index contributed by atoms with van der Waals surface area (Å²) in [6.07, 6.45) is 1.04. The summed E-state index contributed by atoms with van der Waals surface area (Å²) in [5.41, 5.74) is 4.57. The molecule has 40 heavy (non-hydrogen) atoms. The van der Waals surface area contributed by atoms with Crippen LogP contribution in [0.3, 0.4) is 0 Å². The molecule has 212 valence electrons. The molecule has 2 aliphatic rings. The molecule has 1 aliphatic heterocycles. The van der Waals surface area contributed by atoms with E-state index in [0.717, 1.165) is 5.56 Å². The summed E-state index contributed by atoms with van der Waals surface area (Å²) in [6, 6.07) is 14.9. The Labute approximate surface area is 229 Å². The normalized spacial score (nSPS) is 22.0. The molecule has 0 unspecified atom stereocenters. The van der Waals surface area contributed by atoms with Crippen molar-refractivity contribution in [3.63, 3.8) is 0 Å². The number of aromatic nitrogens is 2. The van der Waals surface area contributed by atoms with E-state index in [2.05, 4.69) is 4.98 Å². The fourth-order valence-corrected chi connectivity index (χ4v) is 5.68. The number of rotatable bonds is 6. The van der Waals surface area contributed by atoms with E-state index in [4.69, 9.17) is 10.5 Å². The quantitative estimate of drug-likeness (QED) is 0.421. The maximum atomic E-state index is 14.3. The highest BCUT2D eigenvalue weighted by Crippen LogP contribution is 2.46. The second-order valence-corrected chi connectivity index (χ2v) is 10.8. The molecule has 1 aliphatic carbocycles. The lowest BCUT2D eigenvalue weighted by molar-refractivity contribution is -0.145. The van der Waals surface area contributed by atoms with E-state index >= 15 is 0 Å². The summed E-state index contributed by atoms with van der Waals surface area (Å²) in [4.78, 5) is 32.2. The van der Waals surface area contributed by atoms with E-state index in [1.807, 2.05) is 6.07 Å². The van der Waals surface area contributed by atoms with Gasteiger partial charge in [-0.1, -0.05) is 36.4 Å². The molecule has 11 heteroatoms. The molecular formula is C29H32F2N4O5. The Kier molecular flexibility index (Phi) is 7.50. The van der Waals surface area contributed by atoms with Crippen molar-refractivity contribution in [1.82, 2.24) is 14.5 Å². The van der Waals surface area contributed by atoms with E-state index < -0.39 is 28.9 Å². The average Bonchev–Trinajstić information content (AvgIpc) is 2.93. The summed E-state index contributed by atoms with van der Waals surface area (Å²) in [5.74, 6) is -4.01. The lowest BCUT2D eigenvalue weighted by Gasteiger charge is -2.42. The van der Waals surface area contributed by atoms with Crippen LogP contribution in [0.4, 0.5) is 14.5 Å². The molecule has 0 radical (unpaired) electrons. The molecule has 2 fully saturated rings. The summed E-state index contributed by atoms with van der Waals surface area (Å²) in [5, 5.41) is 20.9. The highest BCUT2D eigenvalue weighted by atomic mass is 19.3. The topological polar surface area (TPSA) is 131 Å². The molecule has 0 spiro atoms. The Morgan fingerprint density at radius 3 is 2.52 bits per heavy atom. The van der Waals surface area contributed by atoms with Crippen LogP contribution in [-0.4, -0.2) is 55.2 Å². The van der Waals surface area contributed by atoms with Crippen molar-refractivity contribution in [2.24, 2.45) is 5.92 Å². The average molecular weight is 555 g/mol. The molecule has 1 saturated carbocycles. The Hall–Kier alpha value is -3.99. The zero-order chi connectivity index (χ0) is 28.5. The molecule has 1 aromatic heterocycles. The number of hydrogen-bond acceptors (Lipinski definition) is 7. The van der Waals surface area contributed by atoms with E-state index in [1.165, 1.54) is 23.0 Å². The van der Waals surface area contributed by atoms with Gasteiger partial charge in [0.25, 0.3) is 5.56 Å². The Bertz CT molecular complexity index is 1420. The Morgan fingerprint density at radius 2 is 1.82 bits per heavy atom. The van der Waals surface area contributed by atoms with Gasteiger partial charge >= 0.3 is 0 Å². The molecule has 0 bridgehead atoms. The van der Waals surface area contributed by atoms with E-state index in [0.29, 0.717) is 0 Å². The summed E-state index contributed by atoms with van der Waals surface area (Å²) in [6.45, 7) is 0.389. The molecular weight excluding hydrogens is 522 g/mol. The number of hydrogen-bond donors (Lipinski definition) is 3. The van der Waals surface area contributed by atoms with Gasteiger partial charge in [0.15, 0.2) is 5.69 Å². The third-order valence-corrected chi connectivity index (χ3v) is 7.91. The van der Waals surface area contributed by atoms with Gasteiger partial charge in [0.1, 0.15) is 17.8 Å². The van der Waals surface area contributed by atoms with Crippen LogP contribution in [0.1, 0.15) is 43.6 Å². The molecule has 2 heterocycles. The number of piperidine rings is 1. The van der Waals surface area contributed by atoms with Gasteiger partial charge in [-0.05, 0) is 37.0 Å². The van der Waals surface area contributed by atoms with Crippen molar-refractivity contribution in [2.45, 2.75) is 56.1 Å². The Balaban J connectivity index is 1.24. The minimum atomic E-state index is -2.81. The van der Waals surface area contributed by atoms with Gasteiger partial charge in [0.2, 0.25) is 17.7 Å². The van der Waals surface area contributed by atoms with Gasteiger partial charge in [0, 0.05) is 43.8 Å². The number of anilines is 1. The second-order valence-electron chi connectivity index (χ2n) is 10.8. The van der Waals surface area contributed by atoms with Crippen molar-refractivity contribution in [1.29, 1.82) is 0 Å². The number of phenols is 1. The van der Waals surface area contributed by atoms with E-state index in [-0.39, 0.29) is 80.7 Å². The van der Waals surface area contributed by atoms with Crippen LogP contribution in [0.15, 0.2) is 65.7 Å². The molecule has 3 aromatic rings. The first kappa shape index (κ1) is 27.6. The van der Waals surface area contributed by atoms with Gasteiger partial charge in [-0.25, -0.2) is 13.8 Å². The highest BCUT2D eigenvalue weighted by molar-refractivity contribution is 5.80. The highest BCUT2D eigenvalue weighted by Gasteiger charge is 2.46. The SMILES string of the molecule is Nc1c(Oc2cccc(O)c2)ncn(CC2(O)CCN(C(=O)[C@@H]3CCC(F)(F)C[C@H]3c3ccccc3)CC2)c1=O. The van der Waals surface area contributed by atoms with E-state index in [1.54, 1.807) is 41.3 Å². The number of nitrogens with two attached hydrogens (primary N) is 1. The number of ether oxygens (including phenoxy) is 1. The minimum absolute atomic E-state index is 0.0199. The van der Waals surface area contributed by atoms with Crippen LogP contribution >= 0.6 is 0 Å². The van der Waals surface area contributed by atoms with Crippen LogP contribution in [-0.2, 0) is 11.3 Å². The fourth-order valence-electron chi connectivity index (χ4n) is 5.68. The predicted molar refractivity (Wildman–Crippen MR) is 143 cm³/mol. The number of aromatic hydroxyl groups is 1. The third kappa shape index (κ3) is 5.94. The molecule has 2 aromatic carbocycles. The number of aliphatic hydroxyl groups is 1. The molecule has 5 rings (SSSR count). The standard InChI is InChI=1S/C29H32F2N4O5/c30-29(31)10-9-22(23(16-29)19-5-2-1-3-6-19)26(37)34-13-11-28(39,12-14-34)17-35-18-33-25(24(32)27(35)38)40-21-8-4-7-20(36)15-21/h1-8,15,18,22-23,36,39H,9-14,16-17,32H2/t22-,23+/m1/s1. The summed E-state index contributed by atoms with van der Waals surface area (Å²) in [7, 11) is 0. The van der Waals surface area contributed by atoms with Crippen molar-refractivity contribution in [2.75, 3.05) is 18.8 Å². The fraction of sp³-hybridized carbons (Fsp3) is 0.414. The summed E-state index contributed by atoms with van der Waals surface area (Å²) < 4.78 is 35.4. The molecule has 4 N–H and O–H groups in total. The number of nitrogens with zero attached hydrogens (tertiary/aromatic N) is 3. The van der Waals surface area contributed by atoms with Crippen LogP contribution in [0.2, 0.25) is 0 Å². The van der Waals surface area contributed by atoms with Crippen LogP contribution in [0.5, 0.6) is 17.4 Å². The van der Waals surface area contributed by atoms with Crippen LogP contribution < -0.4 is 16.0 Å². The zero-order valence-electron chi connectivity index (χ0n) is 21.9. The molecule has 1 saturated heterocycles. The van der Waals surface area contributed by atoms with Gasteiger partial charge in [-0.3, -0.25) is 14.2 Å². The first-order chi connectivity index (χ1) is 19.0. The largest absolute Gasteiger partial charge is 0.508 e. The number of carbonyl (C=O) groups is 1. The molecule has 2 atom stereocenters. The smallest absolute Gasteiger partial charge is 0.280 e. The number of likely N-dealkylation sites (tertiary alicyclic amines) is 1. The number of nitrogen functional groups attached to an aromatic ring is 1. The van der Waals surface area contributed by atoms with Crippen LogP contribution in [0, 0.1) is 5.92 Å². The molecule has 9 nitrogen and oxygen atoms in total. The molecule has 1 amide bonds. The maximum absolute atomic E-state index is 14.3.